The Morgan fingerprint density at radius 2 is 1.64 bits per heavy atom. The van der Waals surface area contributed by atoms with Crippen LogP contribution in [0.2, 0.25) is 0 Å². The molecule has 0 unspecified atom stereocenters. The van der Waals surface area contributed by atoms with Gasteiger partial charge >= 0.3 is 0 Å². The average molecular weight is 358 g/mol. The number of nitrogens with zero attached hydrogens (tertiary/aromatic N) is 1. The molecule has 2 aromatic carbocycles. The Bertz CT molecular complexity index is 682. The van der Waals surface area contributed by atoms with E-state index in [0.29, 0.717) is 19.4 Å². The van der Waals surface area contributed by atoms with Crippen molar-refractivity contribution < 1.29 is 9.59 Å². The first kappa shape index (κ1) is 15.0. The lowest BCUT2D eigenvalue weighted by Gasteiger charge is -2.15. The third kappa shape index (κ3) is 3.28. The monoisotopic (exact) mass is 357 g/mol. The van der Waals surface area contributed by atoms with Gasteiger partial charge in [-0.15, -0.1) is 0 Å². The van der Waals surface area contributed by atoms with Crippen LogP contribution in [0.5, 0.6) is 0 Å². The Kier molecular flexibility index (Phi) is 4.39. The Morgan fingerprint density at radius 3 is 2.32 bits per heavy atom. The van der Waals surface area contributed by atoms with Gasteiger partial charge in [0, 0.05) is 10.9 Å². The number of hydrogen-bond acceptors (Lipinski definition) is 2. The number of benzene rings is 2. The summed E-state index contributed by atoms with van der Waals surface area (Å²) in [5, 5.41) is 0. The highest BCUT2D eigenvalue weighted by molar-refractivity contribution is 9.10. The molecule has 1 atom stereocenters. The quantitative estimate of drug-likeness (QED) is 0.784. The third-order valence-corrected chi connectivity index (χ3v) is 4.44. The second-order valence-corrected chi connectivity index (χ2v) is 6.45. The minimum absolute atomic E-state index is 0.0585. The van der Waals surface area contributed by atoms with Crippen LogP contribution in [0.3, 0.4) is 0 Å². The first-order valence-corrected chi connectivity index (χ1v) is 8.05. The maximum atomic E-state index is 12.5. The first-order valence-electron chi connectivity index (χ1n) is 7.26. The van der Waals surface area contributed by atoms with Gasteiger partial charge in [-0.25, -0.2) is 0 Å². The van der Waals surface area contributed by atoms with E-state index in [2.05, 4.69) is 15.9 Å². The molecule has 3 nitrogen and oxygen atoms in total. The predicted octanol–water partition coefficient (Wildman–Crippen LogP) is 3.57. The molecule has 0 aromatic heterocycles. The molecule has 0 N–H and O–H groups in total. The molecule has 2 amide bonds. The van der Waals surface area contributed by atoms with E-state index in [4.69, 9.17) is 0 Å². The number of carbonyl (C=O) groups is 2. The zero-order chi connectivity index (χ0) is 15.5. The molecule has 22 heavy (non-hydrogen) atoms. The molecule has 1 aliphatic heterocycles. The zero-order valence-electron chi connectivity index (χ0n) is 12.0. The van der Waals surface area contributed by atoms with E-state index >= 15 is 0 Å². The maximum absolute atomic E-state index is 12.5. The van der Waals surface area contributed by atoms with Gasteiger partial charge in [-0.05, 0) is 29.7 Å². The summed E-state index contributed by atoms with van der Waals surface area (Å²) in [5.41, 5.74) is 2.06. The molecule has 1 fully saturated rings. The fourth-order valence-electron chi connectivity index (χ4n) is 2.75. The molecule has 1 aliphatic rings. The van der Waals surface area contributed by atoms with Crippen LogP contribution in [-0.2, 0) is 22.6 Å². The molecule has 4 heteroatoms. The van der Waals surface area contributed by atoms with Crippen molar-refractivity contribution >= 4 is 27.7 Å². The molecule has 0 spiro atoms. The van der Waals surface area contributed by atoms with Crippen LogP contribution in [0.1, 0.15) is 17.5 Å². The summed E-state index contributed by atoms with van der Waals surface area (Å²) < 4.78 is 1.01. The Balaban J connectivity index is 1.70. The van der Waals surface area contributed by atoms with Crippen LogP contribution in [0.4, 0.5) is 0 Å². The van der Waals surface area contributed by atoms with Gasteiger partial charge in [0.1, 0.15) is 0 Å². The zero-order valence-corrected chi connectivity index (χ0v) is 13.6. The molecular weight excluding hydrogens is 342 g/mol. The van der Waals surface area contributed by atoms with Gasteiger partial charge in [0.2, 0.25) is 11.8 Å². The van der Waals surface area contributed by atoms with Crippen LogP contribution < -0.4 is 0 Å². The van der Waals surface area contributed by atoms with Gasteiger partial charge in [-0.1, -0.05) is 58.4 Å². The maximum Gasteiger partial charge on any atom is 0.233 e. The normalized spacial score (nSPS) is 18.0. The molecule has 0 saturated carbocycles. The van der Waals surface area contributed by atoms with Crippen LogP contribution >= 0.6 is 15.9 Å². The summed E-state index contributed by atoms with van der Waals surface area (Å²) in [6.07, 6.45) is 0.922. The number of rotatable bonds is 4. The smallest absolute Gasteiger partial charge is 0.233 e. The molecule has 1 saturated heterocycles. The highest BCUT2D eigenvalue weighted by Gasteiger charge is 2.38. The molecule has 1 heterocycles. The topological polar surface area (TPSA) is 37.4 Å². The van der Waals surface area contributed by atoms with Crippen molar-refractivity contribution in [2.24, 2.45) is 5.92 Å². The summed E-state index contributed by atoms with van der Waals surface area (Å²) in [7, 11) is 0. The predicted molar refractivity (Wildman–Crippen MR) is 88.0 cm³/mol. The number of carbonyl (C=O) groups excluding carboxylic acids is 2. The van der Waals surface area contributed by atoms with Crippen LogP contribution in [0.25, 0.3) is 0 Å². The summed E-state index contributed by atoms with van der Waals surface area (Å²) >= 11 is 3.40. The Morgan fingerprint density at radius 1 is 0.955 bits per heavy atom. The van der Waals surface area contributed by atoms with E-state index in [1.165, 1.54) is 4.90 Å². The summed E-state index contributed by atoms with van der Waals surface area (Å²) in [5.74, 6) is -0.370. The third-order valence-electron chi connectivity index (χ3n) is 3.92. The fourth-order valence-corrected chi connectivity index (χ4v) is 3.01. The van der Waals surface area contributed by atoms with Crippen molar-refractivity contribution in [1.82, 2.24) is 4.90 Å². The minimum atomic E-state index is -0.239. The van der Waals surface area contributed by atoms with E-state index < -0.39 is 0 Å². The van der Waals surface area contributed by atoms with Crippen molar-refractivity contribution in [2.75, 3.05) is 0 Å². The average Bonchev–Trinajstić information content (AvgIpc) is 2.78. The van der Waals surface area contributed by atoms with E-state index in [1.54, 1.807) is 0 Å². The number of hydrogen-bond donors (Lipinski definition) is 0. The molecule has 3 rings (SSSR count). The SMILES string of the molecule is O=C1C[C@@H](Cc2ccc(Br)cc2)C(=O)N1Cc1ccccc1. The first-order chi connectivity index (χ1) is 10.6. The van der Waals surface area contributed by atoms with Gasteiger partial charge in [-0.2, -0.15) is 0 Å². The largest absolute Gasteiger partial charge is 0.278 e. The van der Waals surface area contributed by atoms with Crippen molar-refractivity contribution in [3.05, 3.63) is 70.2 Å². The second kappa shape index (κ2) is 6.44. The van der Waals surface area contributed by atoms with E-state index in [-0.39, 0.29) is 17.7 Å². The van der Waals surface area contributed by atoms with Gasteiger partial charge in [0.05, 0.1) is 12.5 Å². The molecule has 0 bridgehead atoms. The summed E-state index contributed by atoms with van der Waals surface area (Å²) in [6.45, 7) is 0.370. The Labute approximate surface area is 138 Å². The van der Waals surface area contributed by atoms with Crippen molar-refractivity contribution in [1.29, 1.82) is 0 Å². The highest BCUT2D eigenvalue weighted by atomic mass is 79.9. The number of halogens is 1. The second-order valence-electron chi connectivity index (χ2n) is 5.54. The van der Waals surface area contributed by atoms with Crippen LogP contribution in [-0.4, -0.2) is 16.7 Å². The van der Waals surface area contributed by atoms with Crippen molar-refractivity contribution in [2.45, 2.75) is 19.4 Å². The van der Waals surface area contributed by atoms with E-state index in [0.717, 1.165) is 15.6 Å². The molecule has 0 radical (unpaired) electrons. The van der Waals surface area contributed by atoms with Gasteiger partial charge in [0.15, 0.2) is 0 Å². The molecular formula is C18H16BrNO2. The fraction of sp³-hybridized carbons (Fsp3) is 0.222. The lowest BCUT2D eigenvalue weighted by atomic mass is 9.98. The van der Waals surface area contributed by atoms with E-state index in [1.807, 2.05) is 54.6 Å². The van der Waals surface area contributed by atoms with Crippen molar-refractivity contribution in [3.8, 4) is 0 Å². The summed E-state index contributed by atoms with van der Waals surface area (Å²) in [6, 6.07) is 17.5. The summed E-state index contributed by atoms with van der Waals surface area (Å²) in [4.78, 5) is 26.0. The number of imide groups is 1. The van der Waals surface area contributed by atoms with Crippen LogP contribution in [0.15, 0.2) is 59.1 Å². The lowest BCUT2D eigenvalue weighted by Crippen LogP contribution is -2.30. The van der Waals surface area contributed by atoms with Gasteiger partial charge in [0.25, 0.3) is 0 Å². The molecule has 112 valence electrons. The lowest BCUT2D eigenvalue weighted by molar-refractivity contribution is -0.140. The van der Waals surface area contributed by atoms with Gasteiger partial charge < -0.3 is 0 Å². The van der Waals surface area contributed by atoms with Gasteiger partial charge in [-0.3, -0.25) is 14.5 Å². The highest BCUT2D eigenvalue weighted by Crippen LogP contribution is 2.25. The van der Waals surface area contributed by atoms with Crippen molar-refractivity contribution in [3.63, 3.8) is 0 Å². The number of likely N-dealkylation sites (tertiary alicyclic amines) is 1. The van der Waals surface area contributed by atoms with Crippen LogP contribution in [0, 0.1) is 5.92 Å². The standard InChI is InChI=1S/C18H16BrNO2/c19-16-8-6-13(7-9-16)10-15-11-17(21)20(18(15)22)12-14-4-2-1-3-5-14/h1-9,15H,10-12H2/t15-/m1/s1. The molecule has 0 aliphatic carbocycles. The number of amides is 2. The molecule has 2 aromatic rings. The van der Waals surface area contributed by atoms with E-state index in [9.17, 15) is 9.59 Å². The Hall–Kier alpha value is -1.94. The minimum Gasteiger partial charge on any atom is -0.278 e.